The van der Waals surface area contributed by atoms with E-state index in [2.05, 4.69) is 10.5 Å². The number of nitrogens with one attached hydrogen (secondary N) is 1. The molecule has 2 aromatic carbocycles. The number of nitrogens with zero attached hydrogens (tertiary/aromatic N) is 2. The summed E-state index contributed by atoms with van der Waals surface area (Å²) in [5.41, 5.74) is 3.00. The van der Waals surface area contributed by atoms with Crippen LogP contribution in [0.25, 0.3) is 0 Å². The van der Waals surface area contributed by atoms with Gasteiger partial charge in [-0.3, -0.25) is 14.9 Å². The third kappa shape index (κ3) is 4.26. The molecule has 1 amide bonds. The number of amides is 1. The lowest BCUT2D eigenvalue weighted by atomic mass is 10.2. The Kier molecular flexibility index (Phi) is 6.10. The number of nitro groups is 1. The highest BCUT2D eigenvalue weighted by atomic mass is 16.6. The number of carbonyl (C=O) groups is 1. The van der Waals surface area contributed by atoms with Crippen LogP contribution in [0.4, 0.5) is 5.69 Å². The first-order chi connectivity index (χ1) is 12.5. The molecule has 0 aliphatic heterocycles. The maximum Gasteiger partial charge on any atom is 0.271 e. The van der Waals surface area contributed by atoms with E-state index < -0.39 is 10.8 Å². The zero-order valence-electron chi connectivity index (χ0n) is 14.4. The predicted molar refractivity (Wildman–Crippen MR) is 94.3 cm³/mol. The van der Waals surface area contributed by atoms with E-state index in [-0.39, 0.29) is 11.3 Å². The number of hydrogen-bond acceptors (Lipinski definition) is 7. The number of benzene rings is 2. The maximum absolute atomic E-state index is 12.0. The third-order valence-electron chi connectivity index (χ3n) is 3.45. The Morgan fingerprint density at radius 1 is 1.08 bits per heavy atom. The van der Waals surface area contributed by atoms with Crippen LogP contribution < -0.4 is 19.6 Å². The Morgan fingerprint density at radius 2 is 1.65 bits per heavy atom. The Bertz CT molecular complexity index is 808. The highest BCUT2D eigenvalue weighted by Crippen LogP contribution is 2.32. The Balaban J connectivity index is 2.17. The van der Waals surface area contributed by atoms with Gasteiger partial charge < -0.3 is 14.2 Å². The molecule has 0 aliphatic carbocycles. The van der Waals surface area contributed by atoms with Crippen molar-refractivity contribution in [3.8, 4) is 17.2 Å². The Morgan fingerprint density at radius 3 is 2.12 bits per heavy atom. The molecule has 0 radical (unpaired) electrons. The number of ether oxygens (including phenoxy) is 3. The number of nitro benzene ring substituents is 1. The lowest BCUT2D eigenvalue weighted by Gasteiger charge is -2.12. The summed E-state index contributed by atoms with van der Waals surface area (Å²) in [6.07, 6.45) is 1.38. The predicted octanol–water partition coefficient (Wildman–Crippen LogP) is 2.38. The minimum absolute atomic E-state index is 0.0993. The van der Waals surface area contributed by atoms with Gasteiger partial charge in [0, 0.05) is 29.8 Å². The van der Waals surface area contributed by atoms with Crippen LogP contribution in [0.2, 0.25) is 0 Å². The van der Waals surface area contributed by atoms with Crippen LogP contribution in [0.3, 0.4) is 0 Å². The fraction of sp³-hybridized carbons (Fsp3) is 0.176. The van der Waals surface area contributed by atoms with E-state index in [4.69, 9.17) is 14.2 Å². The van der Waals surface area contributed by atoms with Gasteiger partial charge in [0.1, 0.15) is 17.2 Å². The summed E-state index contributed by atoms with van der Waals surface area (Å²) in [6, 6.07) is 8.49. The van der Waals surface area contributed by atoms with Crippen LogP contribution in [-0.2, 0) is 0 Å². The molecule has 0 fully saturated rings. The van der Waals surface area contributed by atoms with Crippen molar-refractivity contribution in [2.24, 2.45) is 5.10 Å². The summed E-state index contributed by atoms with van der Waals surface area (Å²) in [4.78, 5) is 22.1. The van der Waals surface area contributed by atoms with Gasteiger partial charge >= 0.3 is 0 Å². The zero-order chi connectivity index (χ0) is 19.1. The van der Waals surface area contributed by atoms with Crippen LogP contribution >= 0.6 is 0 Å². The molecule has 0 aromatic heterocycles. The molecular weight excluding hydrogens is 342 g/mol. The second-order valence-corrected chi connectivity index (χ2v) is 4.95. The molecule has 0 heterocycles. The van der Waals surface area contributed by atoms with Crippen LogP contribution in [0.15, 0.2) is 41.5 Å². The molecule has 0 spiro atoms. The SMILES string of the molecule is COc1cc(OC)c(/C=N/NC(=O)c2ccc([N+](=O)[O-])cc2)c(OC)c1. The smallest absolute Gasteiger partial charge is 0.271 e. The van der Waals surface area contributed by atoms with Crippen LogP contribution in [0.1, 0.15) is 15.9 Å². The second kappa shape index (κ2) is 8.47. The first kappa shape index (κ1) is 18.7. The quantitative estimate of drug-likeness (QED) is 0.461. The molecule has 26 heavy (non-hydrogen) atoms. The summed E-state index contributed by atoms with van der Waals surface area (Å²) in [5, 5.41) is 14.5. The maximum atomic E-state index is 12.0. The standard InChI is InChI=1S/C17H17N3O6/c1-24-13-8-15(25-2)14(16(9-13)26-3)10-18-19-17(21)11-4-6-12(7-5-11)20(22)23/h4-10H,1-3H3,(H,19,21)/b18-10+. The van der Waals surface area contributed by atoms with Crippen molar-refractivity contribution in [1.82, 2.24) is 5.43 Å². The van der Waals surface area contributed by atoms with Crippen molar-refractivity contribution in [2.75, 3.05) is 21.3 Å². The summed E-state index contributed by atoms with van der Waals surface area (Å²) in [5.74, 6) is 0.942. The van der Waals surface area contributed by atoms with Crippen LogP contribution in [-0.4, -0.2) is 38.4 Å². The Hall–Kier alpha value is -3.62. The van der Waals surface area contributed by atoms with E-state index in [1.54, 1.807) is 12.1 Å². The molecule has 2 aromatic rings. The third-order valence-corrected chi connectivity index (χ3v) is 3.45. The van der Waals surface area contributed by atoms with E-state index in [1.807, 2.05) is 0 Å². The fourth-order valence-corrected chi connectivity index (χ4v) is 2.11. The monoisotopic (exact) mass is 359 g/mol. The van der Waals surface area contributed by atoms with Gasteiger partial charge in [-0.25, -0.2) is 5.43 Å². The lowest BCUT2D eigenvalue weighted by molar-refractivity contribution is -0.384. The summed E-state index contributed by atoms with van der Waals surface area (Å²) in [7, 11) is 4.49. The average molecular weight is 359 g/mol. The molecule has 0 atom stereocenters. The van der Waals surface area contributed by atoms with Crippen molar-refractivity contribution in [2.45, 2.75) is 0 Å². The van der Waals surface area contributed by atoms with E-state index in [0.29, 0.717) is 22.8 Å². The average Bonchev–Trinajstić information content (AvgIpc) is 2.67. The van der Waals surface area contributed by atoms with Crippen molar-refractivity contribution in [1.29, 1.82) is 0 Å². The van der Waals surface area contributed by atoms with Gasteiger partial charge in [-0.15, -0.1) is 0 Å². The minimum atomic E-state index is -0.540. The second-order valence-electron chi connectivity index (χ2n) is 4.95. The molecular formula is C17H17N3O6. The first-order valence-corrected chi connectivity index (χ1v) is 7.38. The molecule has 9 heteroatoms. The van der Waals surface area contributed by atoms with Gasteiger partial charge in [-0.1, -0.05) is 0 Å². The van der Waals surface area contributed by atoms with Gasteiger partial charge in [-0.2, -0.15) is 5.10 Å². The lowest BCUT2D eigenvalue weighted by Crippen LogP contribution is -2.17. The molecule has 0 saturated carbocycles. The number of hydrogen-bond donors (Lipinski definition) is 1. The summed E-state index contributed by atoms with van der Waals surface area (Å²) >= 11 is 0. The van der Waals surface area contributed by atoms with Crippen LogP contribution in [0, 0.1) is 10.1 Å². The molecule has 9 nitrogen and oxygen atoms in total. The zero-order valence-corrected chi connectivity index (χ0v) is 14.4. The fourth-order valence-electron chi connectivity index (χ4n) is 2.11. The van der Waals surface area contributed by atoms with Gasteiger partial charge in [0.2, 0.25) is 0 Å². The van der Waals surface area contributed by atoms with E-state index in [0.717, 1.165) is 0 Å². The molecule has 1 N–H and O–H groups in total. The normalized spacial score (nSPS) is 10.4. The van der Waals surface area contributed by atoms with E-state index in [9.17, 15) is 14.9 Å². The van der Waals surface area contributed by atoms with Crippen LogP contribution in [0.5, 0.6) is 17.2 Å². The van der Waals surface area contributed by atoms with Gasteiger partial charge in [0.15, 0.2) is 0 Å². The summed E-state index contributed by atoms with van der Waals surface area (Å²) < 4.78 is 15.7. The number of rotatable bonds is 7. The van der Waals surface area contributed by atoms with Crippen molar-refractivity contribution in [3.63, 3.8) is 0 Å². The molecule has 2 rings (SSSR count). The minimum Gasteiger partial charge on any atom is -0.496 e. The van der Waals surface area contributed by atoms with Gasteiger partial charge in [-0.05, 0) is 12.1 Å². The number of non-ortho nitro benzene ring substituents is 1. The van der Waals surface area contributed by atoms with Crippen molar-refractivity contribution in [3.05, 3.63) is 57.6 Å². The highest BCUT2D eigenvalue weighted by molar-refractivity contribution is 5.95. The first-order valence-electron chi connectivity index (χ1n) is 7.38. The van der Waals surface area contributed by atoms with Crippen molar-refractivity contribution < 1.29 is 23.9 Å². The molecule has 0 unspecified atom stereocenters. The van der Waals surface area contributed by atoms with Gasteiger partial charge in [0.25, 0.3) is 11.6 Å². The van der Waals surface area contributed by atoms with Gasteiger partial charge in [0.05, 0.1) is 38.0 Å². The number of carbonyl (C=O) groups excluding carboxylic acids is 1. The molecule has 136 valence electrons. The van der Waals surface area contributed by atoms with E-state index >= 15 is 0 Å². The largest absolute Gasteiger partial charge is 0.496 e. The molecule has 0 bridgehead atoms. The van der Waals surface area contributed by atoms with E-state index in [1.165, 1.54) is 51.8 Å². The summed E-state index contributed by atoms with van der Waals surface area (Å²) in [6.45, 7) is 0. The van der Waals surface area contributed by atoms with Crippen molar-refractivity contribution >= 4 is 17.8 Å². The topological polar surface area (TPSA) is 112 Å². The Labute approximate surface area is 149 Å². The molecule has 0 aliphatic rings. The number of hydrazone groups is 1. The molecule has 0 saturated heterocycles. The number of methoxy groups -OCH3 is 3. The highest BCUT2D eigenvalue weighted by Gasteiger charge is 2.12.